The van der Waals surface area contributed by atoms with E-state index in [-0.39, 0.29) is 0 Å². The van der Waals surface area contributed by atoms with E-state index in [1.807, 2.05) is 19.2 Å². The second-order valence-electron chi connectivity index (χ2n) is 5.02. The molecule has 0 aliphatic carbocycles. The van der Waals surface area contributed by atoms with Gasteiger partial charge in [0, 0.05) is 11.1 Å². The van der Waals surface area contributed by atoms with Crippen LogP contribution in [0.2, 0.25) is 5.02 Å². The van der Waals surface area contributed by atoms with Crippen LogP contribution < -0.4 is 5.32 Å². The Balaban J connectivity index is 2.18. The Kier molecular flexibility index (Phi) is 4.62. The highest BCUT2D eigenvalue weighted by atomic mass is 35.5. The first-order valence-electron chi connectivity index (χ1n) is 6.59. The molecule has 1 atom stereocenters. The zero-order chi connectivity index (χ0) is 13.8. The van der Waals surface area contributed by atoms with Gasteiger partial charge in [-0.1, -0.05) is 41.9 Å². The number of benzene rings is 2. The summed E-state index contributed by atoms with van der Waals surface area (Å²) >= 11 is 5.94. The number of aryl methyl sites for hydroxylation is 2. The maximum atomic E-state index is 5.94. The molecule has 1 unspecified atom stereocenters. The van der Waals surface area contributed by atoms with Crippen LogP contribution in [0, 0.1) is 13.8 Å². The Labute approximate surface area is 120 Å². The molecular formula is C17H20ClN. The Hall–Kier alpha value is -1.31. The van der Waals surface area contributed by atoms with Crippen LogP contribution in [0.15, 0.2) is 42.5 Å². The van der Waals surface area contributed by atoms with E-state index in [1.165, 1.54) is 22.3 Å². The molecule has 1 nitrogen and oxygen atoms in total. The third-order valence-corrected chi connectivity index (χ3v) is 3.88. The molecule has 2 rings (SSSR count). The molecule has 0 heterocycles. The zero-order valence-electron chi connectivity index (χ0n) is 11.7. The van der Waals surface area contributed by atoms with Gasteiger partial charge in [-0.2, -0.15) is 0 Å². The summed E-state index contributed by atoms with van der Waals surface area (Å²) in [5.41, 5.74) is 5.32. The predicted octanol–water partition coefficient (Wildman–Crippen LogP) is 4.46. The number of likely N-dealkylation sites (N-methyl/N-ethyl adjacent to an activating group) is 1. The number of hydrogen-bond acceptors (Lipinski definition) is 1. The largest absolute Gasteiger partial charge is 0.313 e. The van der Waals surface area contributed by atoms with Crippen LogP contribution in [-0.2, 0) is 6.42 Å². The molecule has 0 radical (unpaired) electrons. The summed E-state index contributed by atoms with van der Waals surface area (Å²) in [7, 11) is 2.00. The average molecular weight is 274 g/mol. The van der Waals surface area contributed by atoms with Crippen LogP contribution in [0.1, 0.15) is 28.3 Å². The molecule has 2 aromatic carbocycles. The molecule has 0 saturated carbocycles. The van der Waals surface area contributed by atoms with Crippen LogP contribution in [-0.4, -0.2) is 7.05 Å². The molecule has 2 heteroatoms. The average Bonchev–Trinajstić information content (AvgIpc) is 2.41. The highest BCUT2D eigenvalue weighted by Crippen LogP contribution is 2.21. The van der Waals surface area contributed by atoms with Gasteiger partial charge in [0.05, 0.1) is 0 Å². The number of nitrogens with one attached hydrogen (secondary N) is 1. The Morgan fingerprint density at radius 3 is 2.26 bits per heavy atom. The molecule has 2 aromatic rings. The van der Waals surface area contributed by atoms with E-state index in [0.717, 1.165) is 11.4 Å². The molecular weight excluding hydrogens is 254 g/mol. The smallest absolute Gasteiger partial charge is 0.0406 e. The lowest BCUT2D eigenvalue weighted by Gasteiger charge is -2.17. The number of rotatable bonds is 4. The normalized spacial score (nSPS) is 12.4. The maximum Gasteiger partial charge on any atom is 0.0406 e. The maximum absolute atomic E-state index is 5.94. The van der Waals surface area contributed by atoms with Crippen molar-refractivity contribution >= 4 is 11.6 Å². The molecule has 0 aromatic heterocycles. The van der Waals surface area contributed by atoms with Crippen molar-refractivity contribution in [2.24, 2.45) is 0 Å². The van der Waals surface area contributed by atoms with Crippen LogP contribution >= 0.6 is 11.6 Å². The van der Waals surface area contributed by atoms with Crippen LogP contribution in [0.3, 0.4) is 0 Å². The molecule has 0 amide bonds. The summed E-state index contributed by atoms with van der Waals surface area (Å²) in [4.78, 5) is 0. The van der Waals surface area contributed by atoms with Crippen molar-refractivity contribution in [2.45, 2.75) is 26.3 Å². The van der Waals surface area contributed by atoms with Gasteiger partial charge in [-0.15, -0.1) is 0 Å². The first-order valence-corrected chi connectivity index (χ1v) is 6.97. The van der Waals surface area contributed by atoms with Gasteiger partial charge in [0.2, 0.25) is 0 Å². The molecule has 19 heavy (non-hydrogen) atoms. The minimum Gasteiger partial charge on any atom is -0.313 e. The first kappa shape index (κ1) is 14.1. The van der Waals surface area contributed by atoms with E-state index < -0.39 is 0 Å². The second-order valence-corrected chi connectivity index (χ2v) is 5.45. The lowest BCUT2D eigenvalue weighted by Crippen LogP contribution is -2.18. The van der Waals surface area contributed by atoms with Gasteiger partial charge in [0.1, 0.15) is 0 Å². The lowest BCUT2D eigenvalue weighted by atomic mass is 9.97. The predicted molar refractivity (Wildman–Crippen MR) is 82.9 cm³/mol. The molecule has 0 fully saturated rings. The minimum absolute atomic E-state index is 0.319. The van der Waals surface area contributed by atoms with Gasteiger partial charge in [-0.05, 0) is 61.7 Å². The van der Waals surface area contributed by atoms with E-state index in [1.54, 1.807) is 0 Å². The van der Waals surface area contributed by atoms with Crippen molar-refractivity contribution in [3.8, 4) is 0 Å². The summed E-state index contributed by atoms with van der Waals surface area (Å²) in [6.07, 6.45) is 0.985. The SMILES string of the molecule is CNC(Cc1ccc(C)c(C)c1)c1ccc(Cl)cc1. The quantitative estimate of drug-likeness (QED) is 0.867. The molecule has 0 spiro atoms. The molecule has 0 aliphatic heterocycles. The monoisotopic (exact) mass is 273 g/mol. The third-order valence-electron chi connectivity index (χ3n) is 3.63. The number of halogens is 1. The molecule has 100 valence electrons. The fraction of sp³-hybridized carbons (Fsp3) is 0.294. The van der Waals surface area contributed by atoms with Gasteiger partial charge in [0.25, 0.3) is 0 Å². The third kappa shape index (κ3) is 3.59. The molecule has 0 bridgehead atoms. The van der Waals surface area contributed by atoms with Crippen molar-refractivity contribution in [3.63, 3.8) is 0 Å². The highest BCUT2D eigenvalue weighted by Gasteiger charge is 2.10. The minimum atomic E-state index is 0.319. The highest BCUT2D eigenvalue weighted by molar-refractivity contribution is 6.30. The van der Waals surface area contributed by atoms with Crippen LogP contribution in [0.4, 0.5) is 0 Å². The Morgan fingerprint density at radius 2 is 1.68 bits per heavy atom. The van der Waals surface area contributed by atoms with E-state index in [0.29, 0.717) is 6.04 Å². The summed E-state index contributed by atoms with van der Waals surface area (Å²) in [5.74, 6) is 0. The van der Waals surface area contributed by atoms with Gasteiger partial charge in [0.15, 0.2) is 0 Å². The molecule has 1 N–H and O–H groups in total. The van der Waals surface area contributed by atoms with Gasteiger partial charge in [-0.25, -0.2) is 0 Å². The van der Waals surface area contributed by atoms with E-state index in [9.17, 15) is 0 Å². The Bertz CT molecular complexity index is 546. The van der Waals surface area contributed by atoms with Gasteiger partial charge in [-0.3, -0.25) is 0 Å². The fourth-order valence-electron chi connectivity index (χ4n) is 2.25. The first-order chi connectivity index (χ1) is 9.10. The second kappa shape index (κ2) is 6.23. The van der Waals surface area contributed by atoms with Crippen molar-refractivity contribution in [1.82, 2.24) is 5.32 Å². The summed E-state index contributed by atoms with van der Waals surface area (Å²) < 4.78 is 0. The molecule has 0 aliphatic rings. The van der Waals surface area contributed by atoms with E-state index >= 15 is 0 Å². The zero-order valence-corrected chi connectivity index (χ0v) is 12.5. The van der Waals surface area contributed by atoms with Crippen molar-refractivity contribution in [1.29, 1.82) is 0 Å². The summed E-state index contributed by atoms with van der Waals surface area (Å²) in [5, 5.41) is 4.16. The lowest BCUT2D eigenvalue weighted by molar-refractivity contribution is 0.592. The molecule has 0 saturated heterocycles. The summed E-state index contributed by atoms with van der Waals surface area (Å²) in [6.45, 7) is 4.31. The fourth-order valence-corrected chi connectivity index (χ4v) is 2.37. The van der Waals surface area contributed by atoms with Gasteiger partial charge < -0.3 is 5.32 Å². The van der Waals surface area contributed by atoms with Crippen molar-refractivity contribution < 1.29 is 0 Å². The van der Waals surface area contributed by atoms with Gasteiger partial charge >= 0.3 is 0 Å². The van der Waals surface area contributed by atoms with Crippen molar-refractivity contribution in [3.05, 3.63) is 69.7 Å². The summed E-state index contributed by atoms with van der Waals surface area (Å²) in [6, 6.07) is 15.1. The van der Waals surface area contributed by atoms with Crippen molar-refractivity contribution in [2.75, 3.05) is 7.05 Å². The standard InChI is InChI=1S/C17H20ClN/c1-12-4-5-14(10-13(12)2)11-17(19-3)15-6-8-16(18)9-7-15/h4-10,17,19H,11H2,1-3H3. The Morgan fingerprint density at radius 1 is 1.00 bits per heavy atom. The van der Waals surface area contributed by atoms with Crippen LogP contribution in [0.5, 0.6) is 0 Å². The topological polar surface area (TPSA) is 12.0 Å². The number of hydrogen-bond donors (Lipinski definition) is 1. The van der Waals surface area contributed by atoms with E-state index in [2.05, 4.69) is 49.5 Å². The van der Waals surface area contributed by atoms with E-state index in [4.69, 9.17) is 11.6 Å². The van der Waals surface area contributed by atoms with Crippen LogP contribution in [0.25, 0.3) is 0 Å².